The molecule has 0 fully saturated rings. The van der Waals surface area contributed by atoms with E-state index >= 15 is 0 Å². The summed E-state index contributed by atoms with van der Waals surface area (Å²) in [5.74, 6) is 0.148. The molecule has 0 bridgehead atoms. The molecule has 4 nitrogen and oxygen atoms in total. The molecule has 0 aromatic carbocycles. The van der Waals surface area contributed by atoms with Crippen LogP contribution in [0, 0.1) is 0 Å². The molecule has 0 amide bonds. The highest BCUT2D eigenvalue weighted by Crippen LogP contribution is 2.28. The summed E-state index contributed by atoms with van der Waals surface area (Å²) in [5, 5.41) is -5.14. The van der Waals surface area contributed by atoms with Crippen molar-refractivity contribution in [3.8, 4) is 0 Å². The van der Waals surface area contributed by atoms with Crippen LogP contribution in [0.3, 0.4) is 0 Å². The maximum atomic E-state index is 12.6. The second kappa shape index (κ2) is 6.19. The average molecular weight is 291 g/mol. The van der Waals surface area contributed by atoms with Crippen molar-refractivity contribution in [1.29, 1.82) is 0 Å². The molecule has 0 aliphatic carbocycles. The van der Waals surface area contributed by atoms with E-state index in [1.165, 1.54) is 4.72 Å². The highest BCUT2D eigenvalue weighted by atomic mass is 32.2. The minimum atomic E-state index is -5.44. The third-order valence-electron chi connectivity index (χ3n) is 1.76. The van der Waals surface area contributed by atoms with Gasteiger partial charge in [-0.1, -0.05) is 13.2 Å². The fraction of sp³-hybridized carbons (Fsp3) is 0.556. The number of ether oxygens (including phenoxy) is 1. The standard InChI is InChI=1S/C9H13F4NO3S/c1-6(2)7(3)17-5-4-14-18(15,16)9(12,13)8(10)11/h8,14H,1,3-5H2,2H3. The molecule has 0 spiro atoms. The largest absolute Gasteiger partial charge is 0.493 e. The molecule has 0 saturated heterocycles. The Labute approximate surface area is 102 Å². The summed E-state index contributed by atoms with van der Waals surface area (Å²) in [6.45, 7) is 7.51. The molecule has 0 aromatic heterocycles. The van der Waals surface area contributed by atoms with E-state index in [-0.39, 0.29) is 12.4 Å². The number of nitrogens with one attached hydrogen (secondary N) is 1. The smallest absolute Gasteiger partial charge is 0.417 e. The number of hydrogen-bond donors (Lipinski definition) is 1. The molecule has 0 aliphatic rings. The normalized spacial score (nSPS) is 12.6. The van der Waals surface area contributed by atoms with Gasteiger partial charge in [0.2, 0.25) is 0 Å². The number of sulfonamides is 1. The summed E-state index contributed by atoms with van der Waals surface area (Å²) in [6.07, 6.45) is -4.30. The lowest BCUT2D eigenvalue weighted by Crippen LogP contribution is -2.45. The quantitative estimate of drug-likeness (QED) is 0.321. The predicted octanol–water partition coefficient (Wildman–Crippen LogP) is 1.87. The molecule has 18 heavy (non-hydrogen) atoms. The van der Waals surface area contributed by atoms with Crippen LogP contribution >= 0.6 is 0 Å². The molecule has 0 unspecified atom stereocenters. The second-order valence-corrected chi connectivity index (χ2v) is 5.15. The van der Waals surface area contributed by atoms with Crippen molar-refractivity contribution in [3.05, 3.63) is 24.5 Å². The molecular formula is C9H13F4NO3S. The van der Waals surface area contributed by atoms with Gasteiger partial charge >= 0.3 is 11.7 Å². The number of halogens is 4. The van der Waals surface area contributed by atoms with E-state index in [2.05, 4.69) is 13.2 Å². The molecule has 0 aromatic rings. The van der Waals surface area contributed by atoms with Gasteiger partial charge in [-0.15, -0.1) is 0 Å². The van der Waals surface area contributed by atoms with Crippen molar-refractivity contribution in [2.24, 2.45) is 0 Å². The van der Waals surface area contributed by atoms with Gasteiger partial charge in [-0.2, -0.15) is 8.78 Å². The van der Waals surface area contributed by atoms with Gasteiger partial charge in [0.1, 0.15) is 12.4 Å². The van der Waals surface area contributed by atoms with Gasteiger partial charge in [-0.3, -0.25) is 0 Å². The van der Waals surface area contributed by atoms with Gasteiger partial charge < -0.3 is 4.74 Å². The molecule has 1 N–H and O–H groups in total. The third-order valence-corrected chi connectivity index (χ3v) is 3.24. The van der Waals surface area contributed by atoms with Crippen LogP contribution in [0.4, 0.5) is 17.6 Å². The monoisotopic (exact) mass is 291 g/mol. The van der Waals surface area contributed by atoms with E-state index < -0.39 is 28.2 Å². The van der Waals surface area contributed by atoms with Crippen LogP contribution in [0.15, 0.2) is 24.5 Å². The summed E-state index contributed by atoms with van der Waals surface area (Å²) >= 11 is 0. The van der Waals surface area contributed by atoms with Crippen molar-refractivity contribution in [1.82, 2.24) is 4.72 Å². The molecule has 0 radical (unpaired) electrons. The highest BCUT2D eigenvalue weighted by molar-refractivity contribution is 7.90. The molecule has 106 valence electrons. The van der Waals surface area contributed by atoms with Gasteiger partial charge in [0, 0.05) is 6.54 Å². The number of alkyl halides is 4. The molecule has 0 rings (SSSR count). The maximum absolute atomic E-state index is 12.6. The van der Waals surface area contributed by atoms with E-state index in [4.69, 9.17) is 4.74 Å². The molecule has 0 atom stereocenters. The SMILES string of the molecule is C=C(C)C(=C)OCCNS(=O)(=O)C(F)(F)C(F)F. The van der Waals surface area contributed by atoms with Crippen LogP contribution in [-0.4, -0.2) is 33.2 Å². The van der Waals surface area contributed by atoms with E-state index in [1.54, 1.807) is 6.92 Å². The Hall–Kier alpha value is -1.09. The molecule has 0 heterocycles. The van der Waals surface area contributed by atoms with Crippen LogP contribution < -0.4 is 4.72 Å². The lowest BCUT2D eigenvalue weighted by atomic mass is 10.3. The summed E-state index contributed by atoms with van der Waals surface area (Å²) < 4.78 is 76.6. The van der Waals surface area contributed by atoms with Crippen molar-refractivity contribution in [2.45, 2.75) is 18.6 Å². The van der Waals surface area contributed by atoms with Crippen molar-refractivity contribution in [3.63, 3.8) is 0 Å². The summed E-state index contributed by atoms with van der Waals surface area (Å²) in [4.78, 5) is 0. The van der Waals surface area contributed by atoms with Gasteiger partial charge in [0.15, 0.2) is 0 Å². The van der Waals surface area contributed by atoms with Gasteiger partial charge in [-0.05, 0) is 12.5 Å². The van der Waals surface area contributed by atoms with Crippen LogP contribution in [0.25, 0.3) is 0 Å². The van der Waals surface area contributed by atoms with Crippen molar-refractivity contribution < 1.29 is 30.7 Å². The Kier molecular flexibility index (Phi) is 5.81. The minimum absolute atomic E-state index is 0.148. The first kappa shape index (κ1) is 16.9. The van der Waals surface area contributed by atoms with Crippen molar-refractivity contribution in [2.75, 3.05) is 13.2 Å². The Morgan fingerprint density at radius 2 is 1.89 bits per heavy atom. The first-order chi connectivity index (χ1) is 8.02. The zero-order valence-electron chi connectivity index (χ0n) is 9.55. The summed E-state index contributed by atoms with van der Waals surface area (Å²) in [7, 11) is -5.44. The first-order valence-corrected chi connectivity index (χ1v) is 6.13. The second-order valence-electron chi connectivity index (χ2n) is 3.31. The lowest BCUT2D eigenvalue weighted by molar-refractivity contribution is -0.0645. The van der Waals surface area contributed by atoms with E-state index in [1.807, 2.05) is 0 Å². The fourth-order valence-electron chi connectivity index (χ4n) is 0.687. The Morgan fingerprint density at radius 3 is 2.28 bits per heavy atom. The van der Waals surface area contributed by atoms with Crippen LogP contribution in [-0.2, 0) is 14.8 Å². The van der Waals surface area contributed by atoms with Gasteiger partial charge in [0.25, 0.3) is 10.0 Å². The molecule has 0 saturated carbocycles. The van der Waals surface area contributed by atoms with Crippen LogP contribution in [0.1, 0.15) is 6.92 Å². The number of allylic oxidation sites excluding steroid dienone is 1. The van der Waals surface area contributed by atoms with Gasteiger partial charge in [0.05, 0.1) is 0 Å². The molecule has 0 aliphatic heterocycles. The third kappa shape index (κ3) is 4.30. The number of rotatable bonds is 8. The van der Waals surface area contributed by atoms with Crippen LogP contribution in [0.2, 0.25) is 0 Å². The minimum Gasteiger partial charge on any atom is -0.493 e. The summed E-state index contributed by atoms with van der Waals surface area (Å²) in [6, 6.07) is 0. The van der Waals surface area contributed by atoms with E-state index in [9.17, 15) is 26.0 Å². The summed E-state index contributed by atoms with van der Waals surface area (Å²) in [5.41, 5.74) is 0.468. The zero-order chi connectivity index (χ0) is 14.6. The molecule has 9 heteroatoms. The van der Waals surface area contributed by atoms with Crippen LogP contribution in [0.5, 0.6) is 0 Å². The highest BCUT2D eigenvalue weighted by Gasteiger charge is 2.53. The Bertz CT molecular complexity index is 420. The molecular weight excluding hydrogens is 278 g/mol. The van der Waals surface area contributed by atoms with Crippen molar-refractivity contribution >= 4 is 10.0 Å². The Morgan fingerprint density at radius 1 is 1.39 bits per heavy atom. The lowest BCUT2D eigenvalue weighted by Gasteiger charge is -2.16. The average Bonchev–Trinajstić information content (AvgIpc) is 2.23. The maximum Gasteiger partial charge on any atom is 0.417 e. The number of hydrogen-bond acceptors (Lipinski definition) is 3. The first-order valence-electron chi connectivity index (χ1n) is 4.65. The topological polar surface area (TPSA) is 55.4 Å². The van der Waals surface area contributed by atoms with Gasteiger partial charge in [-0.25, -0.2) is 21.9 Å². The van der Waals surface area contributed by atoms with E-state index in [0.29, 0.717) is 5.57 Å². The predicted molar refractivity (Wildman–Crippen MR) is 57.8 cm³/mol. The Balaban J connectivity index is 4.31. The zero-order valence-corrected chi connectivity index (χ0v) is 10.4. The fourth-order valence-corrected chi connectivity index (χ4v) is 1.47. The van der Waals surface area contributed by atoms with E-state index in [0.717, 1.165) is 0 Å².